The number of hydrogen-bond acceptors (Lipinski definition) is 2. The molecule has 8 rings (SSSR count). The predicted octanol–water partition coefficient (Wildman–Crippen LogP) is 10.2. The molecule has 202 valence electrons. The van der Waals surface area contributed by atoms with Crippen molar-refractivity contribution in [2.24, 2.45) is 0 Å². The van der Waals surface area contributed by atoms with Crippen LogP contribution in [-0.2, 0) is 0 Å². The van der Waals surface area contributed by atoms with Crippen molar-refractivity contribution >= 4 is 21.9 Å². The molecule has 0 atom stereocenters. The summed E-state index contributed by atoms with van der Waals surface area (Å²) in [4.78, 5) is 10.5. The van der Waals surface area contributed by atoms with Crippen molar-refractivity contribution in [1.82, 2.24) is 14.5 Å². The summed E-state index contributed by atoms with van der Waals surface area (Å²) in [6.45, 7) is 0. The fourth-order valence-corrected chi connectivity index (χ4v) is 5.95. The van der Waals surface area contributed by atoms with Gasteiger partial charge >= 0.3 is 0 Å². The van der Waals surface area contributed by atoms with Gasteiger partial charge in [-0.25, -0.2) is 9.97 Å². The summed E-state index contributed by atoms with van der Waals surface area (Å²) < 4.78 is 2.26. The monoisotopic (exact) mass is 549 g/mol. The van der Waals surface area contributed by atoms with Gasteiger partial charge in [0.15, 0.2) is 5.82 Å². The second-order valence-corrected chi connectivity index (χ2v) is 10.7. The lowest BCUT2D eigenvalue weighted by molar-refractivity contribution is 1.11. The molecule has 0 saturated carbocycles. The Morgan fingerprint density at radius 2 is 0.930 bits per heavy atom. The summed E-state index contributed by atoms with van der Waals surface area (Å²) in [5.41, 5.74) is 10.8. The second-order valence-electron chi connectivity index (χ2n) is 10.7. The van der Waals surface area contributed by atoms with E-state index in [0.29, 0.717) is 5.82 Å². The zero-order chi connectivity index (χ0) is 28.6. The first-order valence-electron chi connectivity index (χ1n) is 14.5. The topological polar surface area (TPSA) is 30.7 Å². The zero-order valence-corrected chi connectivity index (χ0v) is 23.4. The minimum atomic E-state index is 0.703. The van der Waals surface area contributed by atoms with Crippen LogP contribution in [0.15, 0.2) is 164 Å². The Morgan fingerprint density at radius 3 is 1.65 bits per heavy atom. The number of para-hydroxylation sites is 2. The molecule has 3 nitrogen and oxygen atoms in total. The van der Waals surface area contributed by atoms with Gasteiger partial charge in [0.05, 0.1) is 16.6 Å². The minimum absolute atomic E-state index is 0.703. The molecule has 0 spiro atoms. The van der Waals surface area contributed by atoms with Crippen molar-refractivity contribution in [3.63, 3.8) is 0 Å². The Kier molecular flexibility index (Phi) is 6.12. The predicted molar refractivity (Wildman–Crippen MR) is 178 cm³/mol. The highest BCUT2D eigenvalue weighted by Crippen LogP contribution is 2.38. The maximum atomic E-state index is 5.29. The van der Waals surface area contributed by atoms with Crippen LogP contribution in [0.4, 0.5) is 0 Å². The van der Waals surface area contributed by atoms with Crippen LogP contribution in [0.3, 0.4) is 0 Å². The first kappa shape index (κ1) is 25.0. The molecule has 0 saturated heterocycles. The highest BCUT2D eigenvalue weighted by atomic mass is 15.1. The maximum Gasteiger partial charge on any atom is 0.162 e. The summed E-state index contributed by atoms with van der Waals surface area (Å²) in [6.07, 6.45) is 0. The molecule has 3 heteroatoms. The Morgan fingerprint density at radius 1 is 0.395 bits per heavy atom. The molecule has 2 aromatic heterocycles. The molecule has 0 aliphatic carbocycles. The average Bonchev–Trinajstić information content (AvgIpc) is 3.43. The number of hydrogen-bond donors (Lipinski definition) is 0. The molecule has 6 aromatic carbocycles. The Hall–Kier alpha value is -5.80. The van der Waals surface area contributed by atoms with Crippen LogP contribution in [0.1, 0.15) is 0 Å². The van der Waals surface area contributed by atoms with Crippen molar-refractivity contribution in [3.8, 4) is 50.6 Å². The van der Waals surface area contributed by atoms with Crippen LogP contribution in [0.5, 0.6) is 0 Å². The largest absolute Gasteiger partial charge is 0.294 e. The molecule has 0 bridgehead atoms. The molecule has 43 heavy (non-hydrogen) atoms. The second kappa shape index (κ2) is 10.6. The molecule has 0 aliphatic heterocycles. The lowest BCUT2D eigenvalue weighted by Crippen LogP contribution is -1.99. The van der Waals surface area contributed by atoms with Gasteiger partial charge < -0.3 is 0 Å². The fraction of sp³-hybridized carbons (Fsp3) is 0. The molecule has 0 fully saturated rings. The van der Waals surface area contributed by atoms with E-state index < -0.39 is 0 Å². The van der Waals surface area contributed by atoms with Gasteiger partial charge in [0.2, 0.25) is 0 Å². The van der Waals surface area contributed by atoms with Crippen LogP contribution in [0, 0.1) is 0 Å². The van der Waals surface area contributed by atoms with Crippen molar-refractivity contribution in [1.29, 1.82) is 0 Å². The lowest BCUT2D eigenvalue weighted by atomic mass is 9.99. The molecular weight excluding hydrogens is 522 g/mol. The third-order valence-corrected chi connectivity index (χ3v) is 8.02. The van der Waals surface area contributed by atoms with E-state index in [2.05, 4.69) is 150 Å². The van der Waals surface area contributed by atoms with E-state index >= 15 is 0 Å². The van der Waals surface area contributed by atoms with E-state index in [1.807, 2.05) is 18.2 Å². The summed E-state index contributed by atoms with van der Waals surface area (Å²) in [5, 5.41) is 2.20. The van der Waals surface area contributed by atoms with Crippen molar-refractivity contribution in [2.75, 3.05) is 0 Å². The Bertz CT molecular complexity index is 2200. The molecule has 0 N–H and O–H groups in total. The molecule has 2 heterocycles. The van der Waals surface area contributed by atoms with Gasteiger partial charge in [-0.05, 0) is 46.5 Å². The van der Waals surface area contributed by atoms with Gasteiger partial charge in [-0.3, -0.25) is 4.57 Å². The lowest BCUT2D eigenvalue weighted by Gasteiger charge is -2.11. The van der Waals surface area contributed by atoms with Gasteiger partial charge in [-0.15, -0.1) is 0 Å². The normalized spacial score (nSPS) is 11.3. The standard InChI is InChI=1S/C40H27N3/c1-4-13-28(14-5-1)29-23-25-30(26-24-29)32-17-12-18-33(27-32)39-41-38(31-15-6-2-7-16-31)37-35-21-10-11-22-36(35)43(40(37)42-39)34-19-8-3-9-20-34/h1-27H. The number of nitrogens with zero attached hydrogens (tertiary/aromatic N) is 3. The minimum Gasteiger partial charge on any atom is -0.294 e. The van der Waals surface area contributed by atoms with Gasteiger partial charge in [-0.2, -0.15) is 0 Å². The first-order valence-corrected chi connectivity index (χ1v) is 14.5. The number of aromatic nitrogens is 3. The SMILES string of the molecule is c1ccc(-c2ccc(-c3cccc(-c4nc(-c5ccccc5)c5c6ccccc6n(-c6ccccc6)c5n4)c3)cc2)cc1. The molecule has 0 aliphatic rings. The van der Waals surface area contributed by atoms with Crippen molar-refractivity contribution in [3.05, 3.63) is 164 Å². The van der Waals surface area contributed by atoms with Crippen LogP contribution in [0.25, 0.3) is 72.5 Å². The van der Waals surface area contributed by atoms with Crippen molar-refractivity contribution in [2.45, 2.75) is 0 Å². The third kappa shape index (κ3) is 4.48. The zero-order valence-electron chi connectivity index (χ0n) is 23.4. The number of fused-ring (bicyclic) bond motifs is 3. The number of rotatable bonds is 5. The van der Waals surface area contributed by atoms with Crippen LogP contribution in [0.2, 0.25) is 0 Å². The summed E-state index contributed by atoms with van der Waals surface area (Å²) >= 11 is 0. The molecule has 0 unspecified atom stereocenters. The summed E-state index contributed by atoms with van der Waals surface area (Å²) in [7, 11) is 0. The van der Waals surface area contributed by atoms with Crippen molar-refractivity contribution < 1.29 is 0 Å². The van der Waals surface area contributed by atoms with E-state index in [0.717, 1.165) is 55.6 Å². The van der Waals surface area contributed by atoms with Crippen LogP contribution >= 0.6 is 0 Å². The summed E-state index contributed by atoms with van der Waals surface area (Å²) in [5.74, 6) is 0.703. The van der Waals surface area contributed by atoms with Gasteiger partial charge in [0.25, 0.3) is 0 Å². The van der Waals surface area contributed by atoms with Crippen LogP contribution < -0.4 is 0 Å². The Labute approximate surface area is 250 Å². The van der Waals surface area contributed by atoms with E-state index in [1.165, 1.54) is 11.1 Å². The summed E-state index contributed by atoms with van der Waals surface area (Å²) in [6, 6.07) is 57.2. The van der Waals surface area contributed by atoms with E-state index in [1.54, 1.807) is 0 Å². The smallest absolute Gasteiger partial charge is 0.162 e. The van der Waals surface area contributed by atoms with Gasteiger partial charge in [0.1, 0.15) is 5.65 Å². The highest BCUT2D eigenvalue weighted by molar-refractivity contribution is 6.14. The maximum absolute atomic E-state index is 5.29. The van der Waals surface area contributed by atoms with E-state index in [9.17, 15) is 0 Å². The molecule has 0 radical (unpaired) electrons. The van der Waals surface area contributed by atoms with E-state index in [4.69, 9.17) is 9.97 Å². The van der Waals surface area contributed by atoms with Gasteiger partial charge in [0, 0.05) is 22.2 Å². The van der Waals surface area contributed by atoms with E-state index in [-0.39, 0.29) is 0 Å². The fourth-order valence-electron chi connectivity index (χ4n) is 5.95. The quantitative estimate of drug-likeness (QED) is 0.214. The molecule has 0 amide bonds. The van der Waals surface area contributed by atoms with Crippen LogP contribution in [-0.4, -0.2) is 14.5 Å². The number of benzene rings is 6. The van der Waals surface area contributed by atoms with Gasteiger partial charge in [-0.1, -0.05) is 140 Å². The molecule has 8 aromatic rings. The average molecular weight is 550 g/mol. The molecular formula is C40H27N3. The highest BCUT2D eigenvalue weighted by Gasteiger charge is 2.20. The first-order chi connectivity index (χ1) is 21.3. The Balaban J connectivity index is 1.33. The third-order valence-electron chi connectivity index (χ3n) is 8.02.